The van der Waals surface area contributed by atoms with E-state index in [4.69, 9.17) is 16.7 Å². The SMILES string of the molecule is O=C(O)c1cc(Cl)ccc1CNC1CCC1. The van der Waals surface area contributed by atoms with Crippen LogP contribution in [-0.2, 0) is 6.54 Å². The minimum absolute atomic E-state index is 0.291. The molecule has 0 aromatic heterocycles. The molecule has 0 amide bonds. The first-order chi connectivity index (χ1) is 7.66. The van der Waals surface area contributed by atoms with Gasteiger partial charge < -0.3 is 10.4 Å². The second-order valence-corrected chi connectivity index (χ2v) is 4.55. The second kappa shape index (κ2) is 4.85. The summed E-state index contributed by atoms with van der Waals surface area (Å²) in [5.41, 5.74) is 1.09. The molecule has 0 unspecified atom stereocenters. The van der Waals surface area contributed by atoms with E-state index in [0.717, 1.165) is 5.56 Å². The van der Waals surface area contributed by atoms with Crippen molar-refractivity contribution in [2.24, 2.45) is 0 Å². The Morgan fingerprint density at radius 2 is 2.25 bits per heavy atom. The standard InChI is InChI=1S/C12H14ClNO2/c13-9-5-4-8(11(6-9)12(15)16)7-14-10-2-1-3-10/h4-6,10,14H,1-3,7H2,(H,15,16). The average Bonchev–Trinajstić information content (AvgIpc) is 2.17. The molecule has 0 radical (unpaired) electrons. The van der Waals surface area contributed by atoms with Gasteiger partial charge >= 0.3 is 5.97 Å². The van der Waals surface area contributed by atoms with Crippen LogP contribution < -0.4 is 5.32 Å². The number of benzene rings is 1. The maximum absolute atomic E-state index is 11.0. The van der Waals surface area contributed by atoms with Gasteiger partial charge in [-0.05, 0) is 30.5 Å². The average molecular weight is 240 g/mol. The first kappa shape index (κ1) is 11.4. The van der Waals surface area contributed by atoms with Gasteiger partial charge in [0.25, 0.3) is 0 Å². The van der Waals surface area contributed by atoms with Crippen molar-refractivity contribution in [1.82, 2.24) is 5.32 Å². The van der Waals surface area contributed by atoms with Crippen LogP contribution in [0.3, 0.4) is 0 Å². The lowest BCUT2D eigenvalue weighted by Crippen LogP contribution is -2.34. The first-order valence-electron chi connectivity index (χ1n) is 5.42. The molecule has 0 atom stereocenters. The highest BCUT2D eigenvalue weighted by atomic mass is 35.5. The van der Waals surface area contributed by atoms with Crippen molar-refractivity contribution >= 4 is 17.6 Å². The molecular formula is C12H14ClNO2. The van der Waals surface area contributed by atoms with Gasteiger partial charge in [-0.2, -0.15) is 0 Å². The fourth-order valence-corrected chi connectivity index (χ4v) is 1.94. The number of rotatable bonds is 4. The molecule has 16 heavy (non-hydrogen) atoms. The van der Waals surface area contributed by atoms with Crippen molar-refractivity contribution < 1.29 is 9.90 Å². The Balaban J connectivity index is 2.08. The van der Waals surface area contributed by atoms with Gasteiger partial charge in [0.15, 0.2) is 0 Å². The summed E-state index contributed by atoms with van der Waals surface area (Å²) in [6.07, 6.45) is 3.65. The van der Waals surface area contributed by atoms with E-state index >= 15 is 0 Å². The lowest BCUT2D eigenvalue weighted by molar-refractivity contribution is 0.0695. The van der Waals surface area contributed by atoms with Crippen LogP contribution in [0, 0.1) is 0 Å². The molecule has 0 heterocycles. The van der Waals surface area contributed by atoms with Gasteiger partial charge in [0, 0.05) is 17.6 Å². The fraction of sp³-hybridized carbons (Fsp3) is 0.417. The molecule has 1 aromatic rings. The van der Waals surface area contributed by atoms with Crippen molar-refractivity contribution in [3.05, 3.63) is 34.3 Å². The molecule has 1 aliphatic carbocycles. The van der Waals surface area contributed by atoms with Crippen LogP contribution in [0.4, 0.5) is 0 Å². The van der Waals surface area contributed by atoms with Gasteiger partial charge in [-0.25, -0.2) is 4.79 Å². The number of carboxylic acid groups (broad SMARTS) is 1. The molecule has 0 aliphatic heterocycles. The maximum atomic E-state index is 11.0. The highest BCUT2D eigenvalue weighted by molar-refractivity contribution is 6.30. The highest BCUT2D eigenvalue weighted by Crippen LogP contribution is 2.20. The summed E-state index contributed by atoms with van der Waals surface area (Å²) in [5, 5.41) is 12.8. The summed E-state index contributed by atoms with van der Waals surface area (Å²) in [7, 11) is 0. The minimum atomic E-state index is -0.923. The smallest absolute Gasteiger partial charge is 0.336 e. The molecule has 2 rings (SSSR count). The number of halogens is 1. The summed E-state index contributed by atoms with van der Waals surface area (Å²) >= 11 is 5.78. The Morgan fingerprint density at radius 1 is 1.50 bits per heavy atom. The van der Waals surface area contributed by atoms with Crippen LogP contribution in [0.2, 0.25) is 5.02 Å². The van der Waals surface area contributed by atoms with Gasteiger partial charge in [-0.15, -0.1) is 0 Å². The molecule has 1 saturated carbocycles. The van der Waals surface area contributed by atoms with Crippen LogP contribution in [0.25, 0.3) is 0 Å². The Bertz CT molecular complexity index is 402. The Labute approximate surface area is 99.4 Å². The van der Waals surface area contributed by atoms with Gasteiger partial charge in [0.05, 0.1) is 5.56 Å². The predicted octanol–water partition coefficient (Wildman–Crippen LogP) is 2.68. The molecule has 3 nitrogen and oxygen atoms in total. The van der Waals surface area contributed by atoms with Crippen LogP contribution in [0.5, 0.6) is 0 Å². The molecule has 4 heteroatoms. The summed E-state index contributed by atoms with van der Waals surface area (Å²) in [6, 6.07) is 5.56. The van der Waals surface area contributed by atoms with E-state index in [2.05, 4.69) is 5.32 Å². The molecular weight excluding hydrogens is 226 g/mol. The third-order valence-electron chi connectivity index (χ3n) is 2.99. The quantitative estimate of drug-likeness (QED) is 0.849. The number of carboxylic acids is 1. The topological polar surface area (TPSA) is 49.3 Å². The third kappa shape index (κ3) is 2.54. The van der Waals surface area contributed by atoms with E-state index in [1.807, 2.05) is 0 Å². The van der Waals surface area contributed by atoms with Gasteiger partial charge in [0.1, 0.15) is 0 Å². The van der Waals surface area contributed by atoms with Crippen LogP contribution in [-0.4, -0.2) is 17.1 Å². The van der Waals surface area contributed by atoms with Crippen LogP contribution in [0.15, 0.2) is 18.2 Å². The van der Waals surface area contributed by atoms with Crippen molar-refractivity contribution in [2.45, 2.75) is 31.8 Å². The number of carbonyl (C=O) groups is 1. The first-order valence-corrected chi connectivity index (χ1v) is 5.79. The van der Waals surface area contributed by atoms with Crippen LogP contribution in [0.1, 0.15) is 35.2 Å². The lowest BCUT2D eigenvalue weighted by atomic mass is 9.93. The van der Waals surface area contributed by atoms with Crippen molar-refractivity contribution in [3.8, 4) is 0 Å². The molecule has 86 valence electrons. The minimum Gasteiger partial charge on any atom is -0.478 e. The molecule has 0 spiro atoms. The van der Waals surface area contributed by atoms with E-state index in [1.165, 1.54) is 25.3 Å². The Hall–Kier alpha value is -1.06. The lowest BCUT2D eigenvalue weighted by Gasteiger charge is -2.26. The van der Waals surface area contributed by atoms with Crippen molar-refractivity contribution in [2.75, 3.05) is 0 Å². The van der Waals surface area contributed by atoms with E-state index in [-0.39, 0.29) is 0 Å². The van der Waals surface area contributed by atoms with Crippen molar-refractivity contribution in [3.63, 3.8) is 0 Å². The predicted molar refractivity (Wildman–Crippen MR) is 62.9 cm³/mol. The third-order valence-corrected chi connectivity index (χ3v) is 3.22. The van der Waals surface area contributed by atoms with Gasteiger partial charge in [-0.1, -0.05) is 24.1 Å². The summed E-state index contributed by atoms with van der Waals surface area (Å²) in [4.78, 5) is 11.0. The number of hydrogen-bond acceptors (Lipinski definition) is 2. The molecule has 1 fully saturated rings. The van der Waals surface area contributed by atoms with Crippen LogP contribution >= 0.6 is 11.6 Å². The Morgan fingerprint density at radius 3 is 2.81 bits per heavy atom. The number of nitrogens with one attached hydrogen (secondary N) is 1. The van der Waals surface area contributed by atoms with E-state index in [1.54, 1.807) is 12.1 Å². The summed E-state index contributed by atoms with van der Waals surface area (Å²) in [6.45, 7) is 0.601. The van der Waals surface area contributed by atoms with Gasteiger partial charge in [0.2, 0.25) is 0 Å². The number of hydrogen-bond donors (Lipinski definition) is 2. The van der Waals surface area contributed by atoms with E-state index in [9.17, 15) is 4.79 Å². The summed E-state index contributed by atoms with van der Waals surface area (Å²) in [5.74, 6) is -0.923. The van der Waals surface area contributed by atoms with E-state index in [0.29, 0.717) is 23.2 Å². The van der Waals surface area contributed by atoms with E-state index < -0.39 is 5.97 Å². The zero-order chi connectivity index (χ0) is 11.5. The maximum Gasteiger partial charge on any atom is 0.336 e. The molecule has 1 aromatic carbocycles. The molecule has 0 saturated heterocycles. The fourth-order valence-electron chi connectivity index (χ4n) is 1.77. The molecule has 1 aliphatic rings. The Kier molecular flexibility index (Phi) is 3.46. The largest absolute Gasteiger partial charge is 0.478 e. The normalized spacial score (nSPS) is 15.8. The monoisotopic (exact) mass is 239 g/mol. The zero-order valence-corrected chi connectivity index (χ0v) is 9.63. The molecule has 2 N–H and O–H groups in total. The summed E-state index contributed by atoms with van der Waals surface area (Å²) < 4.78 is 0. The number of aromatic carboxylic acids is 1. The zero-order valence-electron chi connectivity index (χ0n) is 8.87. The van der Waals surface area contributed by atoms with Crippen molar-refractivity contribution in [1.29, 1.82) is 0 Å². The highest BCUT2D eigenvalue weighted by Gasteiger charge is 2.17. The second-order valence-electron chi connectivity index (χ2n) is 4.12. The van der Waals surface area contributed by atoms with Gasteiger partial charge in [-0.3, -0.25) is 0 Å². The molecule has 0 bridgehead atoms.